The monoisotopic (exact) mass is 282 g/mol. The second kappa shape index (κ2) is 5.08. The zero-order valence-electron chi connectivity index (χ0n) is 10.6. The number of aryl methyl sites for hydroxylation is 1. The molecular weight excluding hydrogens is 268 g/mol. The lowest BCUT2D eigenvalue weighted by Gasteiger charge is -2.20. The summed E-state index contributed by atoms with van der Waals surface area (Å²) in [4.78, 5) is 36.0. The number of Topliss-reactive ketones (excluding diaryl/α,β-unsaturated/α-hetero) is 1. The van der Waals surface area contributed by atoms with E-state index >= 15 is 0 Å². The minimum atomic E-state index is -1.00. The molecule has 1 unspecified atom stereocenters. The molecule has 6 nitrogen and oxygen atoms in total. The molecule has 7 heteroatoms. The molecule has 1 aliphatic rings. The van der Waals surface area contributed by atoms with Crippen LogP contribution >= 0.6 is 11.8 Å². The number of amides is 1. The largest absolute Gasteiger partial charge is 0.480 e. The Hall–Kier alpha value is -1.76. The molecule has 1 aliphatic heterocycles. The number of carboxylic acid groups (broad SMARTS) is 1. The molecule has 2 rings (SSSR count). The van der Waals surface area contributed by atoms with E-state index in [-0.39, 0.29) is 11.7 Å². The minimum Gasteiger partial charge on any atom is -0.480 e. The highest BCUT2D eigenvalue weighted by Crippen LogP contribution is 2.24. The van der Waals surface area contributed by atoms with Crippen LogP contribution in [0, 0.1) is 0 Å². The third kappa shape index (κ3) is 2.51. The number of ketones is 1. The molecule has 1 fully saturated rings. The van der Waals surface area contributed by atoms with Crippen LogP contribution in [0.5, 0.6) is 0 Å². The first-order valence-corrected chi connectivity index (χ1v) is 6.86. The SMILES string of the molecule is CC(=O)c1cc(C(=O)N2CSCC2C(=O)O)n(C)c1. The lowest BCUT2D eigenvalue weighted by molar-refractivity contribution is -0.140. The molecule has 0 saturated carbocycles. The van der Waals surface area contributed by atoms with Crippen LogP contribution < -0.4 is 0 Å². The highest BCUT2D eigenvalue weighted by atomic mass is 32.2. The molecule has 19 heavy (non-hydrogen) atoms. The van der Waals surface area contributed by atoms with Crippen molar-refractivity contribution in [3.63, 3.8) is 0 Å². The zero-order chi connectivity index (χ0) is 14.2. The number of hydrogen-bond acceptors (Lipinski definition) is 4. The fourth-order valence-electron chi connectivity index (χ4n) is 1.96. The Bertz CT molecular complexity index is 552. The van der Waals surface area contributed by atoms with Crippen molar-refractivity contribution in [1.29, 1.82) is 0 Å². The normalized spacial score (nSPS) is 18.6. The first kappa shape index (κ1) is 13.7. The van der Waals surface area contributed by atoms with Crippen molar-refractivity contribution in [2.75, 3.05) is 11.6 Å². The van der Waals surface area contributed by atoms with Gasteiger partial charge in [-0.15, -0.1) is 11.8 Å². The molecule has 1 atom stereocenters. The molecule has 102 valence electrons. The summed E-state index contributed by atoms with van der Waals surface area (Å²) >= 11 is 1.41. The van der Waals surface area contributed by atoms with E-state index in [9.17, 15) is 14.4 Å². The van der Waals surface area contributed by atoms with Crippen LogP contribution in [-0.4, -0.2) is 49.9 Å². The van der Waals surface area contributed by atoms with Crippen LogP contribution in [0.2, 0.25) is 0 Å². The number of hydrogen-bond donors (Lipinski definition) is 1. The van der Waals surface area contributed by atoms with E-state index in [0.29, 0.717) is 22.9 Å². The van der Waals surface area contributed by atoms with Gasteiger partial charge in [-0.3, -0.25) is 9.59 Å². The van der Waals surface area contributed by atoms with Crippen molar-refractivity contribution >= 4 is 29.4 Å². The van der Waals surface area contributed by atoms with Gasteiger partial charge in [-0.1, -0.05) is 0 Å². The highest BCUT2D eigenvalue weighted by molar-refractivity contribution is 7.99. The maximum atomic E-state index is 12.3. The van der Waals surface area contributed by atoms with Gasteiger partial charge < -0.3 is 14.6 Å². The molecule has 1 N–H and O–H groups in total. The zero-order valence-corrected chi connectivity index (χ0v) is 11.4. The number of carbonyl (C=O) groups excluding carboxylic acids is 2. The molecule has 0 aromatic carbocycles. The molecule has 0 spiro atoms. The van der Waals surface area contributed by atoms with Crippen molar-refractivity contribution in [3.8, 4) is 0 Å². The summed E-state index contributed by atoms with van der Waals surface area (Å²) in [5.41, 5.74) is 0.781. The Kier molecular flexibility index (Phi) is 3.66. The van der Waals surface area contributed by atoms with Crippen LogP contribution in [0.15, 0.2) is 12.3 Å². The van der Waals surface area contributed by atoms with Gasteiger partial charge in [0.05, 0.1) is 5.88 Å². The van der Waals surface area contributed by atoms with Gasteiger partial charge in [0.2, 0.25) is 0 Å². The molecular formula is C12H14N2O4S. The van der Waals surface area contributed by atoms with Crippen molar-refractivity contribution in [3.05, 3.63) is 23.5 Å². The number of carbonyl (C=O) groups is 3. The van der Waals surface area contributed by atoms with Gasteiger partial charge in [0.15, 0.2) is 5.78 Å². The Labute approximate surface area is 114 Å². The van der Waals surface area contributed by atoms with Crippen LogP contribution in [-0.2, 0) is 11.8 Å². The predicted octanol–water partition coefficient (Wildman–Crippen LogP) is 0.827. The Balaban J connectivity index is 2.29. The molecule has 0 bridgehead atoms. The maximum absolute atomic E-state index is 12.3. The molecule has 0 aliphatic carbocycles. The summed E-state index contributed by atoms with van der Waals surface area (Å²) in [7, 11) is 1.67. The number of carboxylic acids is 1. The molecule has 1 amide bonds. The van der Waals surface area contributed by atoms with Crippen molar-refractivity contribution in [1.82, 2.24) is 9.47 Å². The predicted molar refractivity (Wildman–Crippen MR) is 70.3 cm³/mol. The first-order valence-electron chi connectivity index (χ1n) is 5.70. The summed E-state index contributed by atoms with van der Waals surface area (Å²) in [5.74, 6) is -0.728. The van der Waals surface area contributed by atoms with Gasteiger partial charge in [-0.2, -0.15) is 0 Å². The van der Waals surface area contributed by atoms with E-state index in [1.165, 1.54) is 29.7 Å². The number of rotatable bonds is 3. The van der Waals surface area contributed by atoms with Gasteiger partial charge in [-0.25, -0.2) is 4.79 Å². The lowest BCUT2D eigenvalue weighted by atomic mass is 10.2. The van der Waals surface area contributed by atoms with Crippen LogP contribution in [0.25, 0.3) is 0 Å². The van der Waals surface area contributed by atoms with Crippen LogP contribution in [0.1, 0.15) is 27.8 Å². The molecule has 0 radical (unpaired) electrons. The van der Waals surface area contributed by atoms with Gasteiger partial charge in [0.25, 0.3) is 5.91 Å². The topological polar surface area (TPSA) is 79.6 Å². The number of aromatic nitrogens is 1. The standard InChI is InChI=1S/C12H14N2O4S/c1-7(15)8-3-9(13(2)4-8)11(16)14-6-19-5-10(14)12(17)18/h3-4,10H,5-6H2,1-2H3,(H,17,18). The number of aliphatic carboxylic acids is 1. The second-order valence-electron chi connectivity index (χ2n) is 4.41. The highest BCUT2D eigenvalue weighted by Gasteiger charge is 2.36. The third-order valence-corrected chi connectivity index (χ3v) is 4.07. The first-order chi connectivity index (χ1) is 8.91. The van der Waals surface area contributed by atoms with Gasteiger partial charge in [0.1, 0.15) is 11.7 Å². The van der Waals surface area contributed by atoms with E-state index in [1.807, 2.05) is 0 Å². The summed E-state index contributed by atoms with van der Waals surface area (Å²) in [6, 6.07) is 0.709. The fraction of sp³-hybridized carbons (Fsp3) is 0.417. The number of nitrogens with zero attached hydrogens (tertiary/aromatic N) is 2. The maximum Gasteiger partial charge on any atom is 0.327 e. The van der Waals surface area contributed by atoms with Crippen molar-refractivity contribution in [2.24, 2.45) is 7.05 Å². The summed E-state index contributed by atoms with van der Waals surface area (Å²) in [5, 5.41) is 9.07. The minimum absolute atomic E-state index is 0.125. The molecule has 2 heterocycles. The van der Waals surface area contributed by atoms with E-state index in [0.717, 1.165) is 0 Å². The Morgan fingerprint density at radius 1 is 1.42 bits per heavy atom. The van der Waals surface area contributed by atoms with Gasteiger partial charge >= 0.3 is 5.97 Å². The van der Waals surface area contributed by atoms with E-state index < -0.39 is 12.0 Å². The third-order valence-electron chi connectivity index (χ3n) is 3.06. The molecule has 1 aromatic rings. The van der Waals surface area contributed by atoms with Crippen molar-refractivity contribution < 1.29 is 19.5 Å². The van der Waals surface area contributed by atoms with E-state index in [4.69, 9.17) is 5.11 Å². The van der Waals surface area contributed by atoms with Crippen molar-refractivity contribution in [2.45, 2.75) is 13.0 Å². The fourth-order valence-corrected chi connectivity index (χ4v) is 3.11. The average molecular weight is 282 g/mol. The molecule has 1 saturated heterocycles. The van der Waals surface area contributed by atoms with E-state index in [2.05, 4.69) is 0 Å². The van der Waals surface area contributed by atoms with Crippen LogP contribution in [0.3, 0.4) is 0 Å². The second-order valence-corrected chi connectivity index (χ2v) is 5.41. The van der Waals surface area contributed by atoms with Crippen LogP contribution in [0.4, 0.5) is 0 Å². The lowest BCUT2D eigenvalue weighted by Crippen LogP contribution is -2.42. The molecule has 1 aromatic heterocycles. The van der Waals surface area contributed by atoms with Gasteiger partial charge in [0, 0.05) is 24.6 Å². The average Bonchev–Trinajstić information content (AvgIpc) is 2.93. The quantitative estimate of drug-likeness (QED) is 0.831. The Morgan fingerprint density at radius 3 is 2.63 bits per heavy atom. The van der Waals surface area contributed by atoms with E-state index in [1.54, 1.807) is 17.8 Å². The summed E-state index contributed by atoms with van der Waals surface area (Å²) in [6.07, 6.45) is 1.58. The smallest absolute Gasteiger partial charge is 0.327 e. The Morgan fingerprint density at radius 2 is 2.11 bits per heavy atom. The number of thioether (sulfide) groups is 1. The van der Waals surface area contributed by atoms with Gasteiger partial charge in [-0.05, 0) is 13.0 Å². The summed E-state index contributed by atoms with van der Waals surface area (Å²) < 4.78 is 1.56. The summed E-state index contributed by atoms with van der Waals surface area (Å²) in [6.45, 7) is 1.43.